The van der Waals surface area contributed by atoms with Crippen LogP contribution in [0.25, 0.3) is 0 Å². The molecule has 1 rings (SSSR count). The number of esters is 1. The summed E-state index contributed by atoms with van der Waals surface area (Å²) in [5, 5.41) is 3.18. The van der Waals surface area contributed by atoms with Gasteiger partial charge in [0.15, 0.2) is 5.96 Å². The molecule has 0 aromatic carbocycles. The van der Waals surface area contributed by atoms with Crippen LogP contribution >= 0.6 is 0 Å². The first-order valence-corrected chi connectivity index (χ1v) is 9.15. The van der Waals surface area contributed by atoms with Crippen LogP contribution in [0.3, 0.4) is 0 Å². The van der Waals surface area contributed by atoms with E-state index >= 15 is 0 Å². The number of rotatable bonds is 6. The lowest BCUT2D eigenvalue weighted by molar-refractivity contribution is -0.145. The van der Waals surface area contributed by atoms with Crippen LogP contribution in [0.5, 0.6) is 0 Å². The lowest BCUT2D eigenvalue weighted by Crippen LogP contribution is -2.41. The van der Waals surface area contributed by atoms with Crippen molar-refractivity contribution in [3.63, 3.8) is 0 Å². The molecule has 0 radical (unpaired) electrons. The number of methoxy groups -OCH3 is 1. The first kappa shape index (κ1) is 18.7. The fourth-order valence-corrected chi connectivity index (χ4v) is 2.99. The van der Waals surface area contributed by atoms with Crippen LogP contribution in [-0.2, 0) is 19.6 Å². The minimum absolute atomic E-state index is 0.143. The molecular weight excluding hydrogens is 308 g/mol. The Morgan fingerprint density at radius 2 is 2.05 bits per heavy atom. The van der Waals surface area contributed by atoms with Gasteiger partial charge in [-0.05, 0) is 12.3 Å². The maximum absolute atomic E-state index is 11.7. The maximum Gasteiger partial charge on any atom is 0.310 e. The zero-order valence-electron chi connectivity index (χ0n) is 13.6. The first-order valence-electron chi connectivity index (χ1n) is 7.26. The summed E-state index contributed by atoms with van der Waals surface area (Å²) in [7, 11) is -0.0528. The lowest BCUT2D eigenvalue weighted by atomic mass is 9.99. The van der Waals surface area contributed by atoms with E-state index in [1.165, 1.54) is 7.11 Å². The zero-order valence-corrected chi connectivity index (χ0v) is 14.4. The summed E-state index contributed by atoms with van der Waals surface area (Å²) in [6.45, 7) is 4.31. The van der Waals surface area contributed by atoms with Crippen molar-refractivity contribution in [2.45, 2.75) is 13.3 Å². The van der Waals surface area contributed by atoms with E-state index in [2.05, 4.69) is 15.0 Å². The Morgan fingerprint density at radius 1 is 1.36 bits per heavy atom. The summed E-state index contributed by atoms with van der Waals surface area (Å²) < 4.78 is 29.2. The molecule has 22 heavy (non-hydrogen) atoms. The Kier molecular flexibility index (Phi) is 7.08. The minimum Gasteiger partial charge on any atom is -0.469 e. The van der Waals surface area contributed by atoms with Crippen molar-refractivity contribution < 1.29 is 17.9 Å². The second-order valence-electron chi connectivity index (χ2n) is 5.51. The number of nitrogens with zero attached hydrogens (tertiary/aromatic N) is 2. The molecule has 0 spiro atoms. The van der Waals surface area contributed by atoms with Crippen LogP contribution in [0.1, 0.15) is 13.3 Å². The third-order valence-corrected chi connectivity index (χ3v) is 4.36. The standard InChI is InChI=1S/C13H26N4O4S/c1-10-8-17(9-11(10)12(18)21-3)13(14-2)15-6-5-7-16-22(4,19)20/h10-11,16H,5-9H2,1-4H3,(H,14,15). The Labute approximate surface area is 132 Å². The monoisotopic (exact) mass is 334 g/mol. The van der Waals surface area contributed by atoms with Crippen molar-refractivity contribution >= 4 is 22.0 Å². The van der Waals surface area contributed by atoms with Crippen molar-refractivity contribution in [3.8, 4) is 0 Å². The third kappa shape index (κ3) is 5.80. The van der Waals surface area contributed by atoms with Gasteiger partial charge in [0.25, 0.3) is 0 Å². The van der Waals surface area contributed by atoms with Crippen LogP contribution in [0.2, 0.25) is 0 Å². The van der Waals surface area contributed by atoms with Gasteiger partial charge >= 0.3 is 5.97 Å². The molecule has 2 atom stereocenters. The molecule has 1 saturated heterocycles. The van der Waals surface area contributed by atoms with E-state index in [-0.39, 0.29) is 17.8 Å². The van der Waals surface area contributed by atoms with Crippen LogP contribution in [0, 0.1) is 11.8 Å². The van der Waals surface area contributed by atoms with Crippen molar-refractivity contribution in [3.05, 3.63) is 0 Å². The summed E-state index contributed by atoms with van der Waals surface area (Å²) in [6.07, 6.45) is 1.79. The number of carbonyl (C=O) groups is 1. The topological polar surface area (TPSA) is 100 Å². The van der Waals surface area contributed by atoms with Crippen molar-refractivity contribution in [2.75, 3.05) is 46.6 Å². The molecule has 8 nitrogen and oxygen atoms in total. The average Bonchev–Trinajstić information content (AvgIpc) is 2.82. The highest BCUT2D eigenvalue weighted by molar-refractivity contribution is 7.88. The number of likely N-dealkylation sites (tertiary alicyclic amines) is 1. The Balaban J connectivity index is 2.41. The van der Waals surface area contributed by atoms with E-state index in [0.717, 1.165) is 18.8 Å². The SMILES string of the molecule is CN=C(NCCCNS(C)(=O)=O)N1CC(C)C(C(=O)OC)C1. The maximum atomic E-state index is 11.7. The van der Waals surface area contributed by atoms with Gasteiger partial charge in [0.1, 0.15) is 0 Å². The second kappa shape index (κ2) is 8.33. The molecule has 0 saturated carbocycles. The first-order chi connectivity index (χ1) is 10.3. The molecule has 1 heterocycles. The minimum atomic E-state index is -3.14. The van der Waals surface area contributed by atoms with Crippen LogP contribution in [-0.4, -0.2) is 71.8 Å². The predicted molar refractivity (Wildman–Crippen MR) is 85.1 cm³/mol. The van der Waals surface area contributed by atoms with Crippen molar-refractivity contribution in [1.82, 2.24) is 14.9 Å². The fourth-order valence-electron chi connectivity index (χ4n) is 2.48. The molecule has 2 unspecified atom stereocenters. The van der Waals surface area contributed by atoms with Gasteiger partial charge in [-0.3, -0.25) is 9.79 Å². The second-order valence-corrected chi connectivity index (χ2v) is 7.34. The number of aliphatic imine (C=N–C) groups is 1. The summed E-state index contributed by atoms with van der Waals surface area (Å²) in [5.74, 6) is 0.591. The highest BCUT2D eigenvalue weighted by atomic mass is 32.2. The molecule has 2 N–H and O–H groups in total. The molecule has 0 aromatic heterocycles. The highest BCUT2D eigenvalue weighted by Crippen LogP contribution is 2.23. The number of hydrogen-bond acceptors (Lipinski definition) is 5. The normalized spacial score (nSPS) is 22.7. The van der Waals surface area contributed by atoms with Gasteiger partial charge in [0.05, 0.1) is 19.3 Å². The Hall–Kier alpha value is -1.35. The van der Waals surface area contributed by atoms with Gasteiger partial charge in [0, 0.05) is 33.2 Å². The van der Waals surface area contributed by atoms with Gasteiger partial charge < -0.3 is 15.0 Å². The van der Waals surface area contributed by atoms with E-state index in [4.69, 9.17) is 4.74 Å². The molecule has 128 valence electrons. The number of ether oxygens (including phenoxy) is 1. The smallest absolute Gasteiger partial charge is 0.310 e. The third-order valence-electron chi connectivity index (χ3n) is 3.63. The summed E-state index contributed by atoms with van der Waals surface area (Å²) >= 11 is 0. The lowest BCUT2D eigenvalue weighted by Gasteiger charge is -2.21. The molecular formula is C13H26N4O4S. The van der Waals surface area contributed by atoms with Gasteiger partial charge in [-0.15, -0.1) is 0 Å². The summed E-state index contributed by atoms with van der Waals surface area (Å²) in [6, 6.07) is 0. The number of nitrogens with one attached hydrogen (secondary N) is 2. The van der Waals surface area contributed by atoms with E-state index in [0.29, 0.717) is 26.1 Å². The Bertz CT molecular complexity index is 506. The largest absolute Gasteiger partial charge is 0.469 e. The molecule has 9 heteroatoms. The van der Waals surface area contributed by atoms with E-state index < -0.39 is 10.0 Å². The van der Waals surface area contributed by atoms with E-state index in [1.54, 1.807) is 7.05 Å². The summed E-state index contributed by atoms with van der Waals surface area (Å²) in [4.78, 5) is 17.9. The zero-order chi connectivity index (χ0) is 16.8. The number of hydrogen-bond donors (Lipinski definition) is 2. The van der Waals surface area contributed by atoms with Crippen molar-refractivity contribution in [1.29, 1.82) is 0 Å². The van der Waals surface area contributed by atoms with Gasteiger partial charge in [-0.25, -0.2) is 13.1 Å². The van der Waals surface area contributed by atoms with Crippen LogP contribution in [0.15, 0.2) is 4.99 Å². The number of guanidine groups is 1. The summed E-state index contributed by atoms with van der Waals surface area (Å²) in [5.41, 5.74) is 0. The van der Waals surface area contributed by atoms with Gasteiger partial charge in [0.2, 0.25) is 10.0 Å². The Morgan fingerprint density at radius 3 is 2.59 bits per heavy atom. The van der Waals surface area contributed by atoms with E-state index in [9.17, 15) is 13.2 Å². The predicted octanol–water partition coefficient (Wildman–Crippen LogP) is -0.758. The van der Waals surface area contributed by atoms with Crippen LogP contribution in [0.4, 0.5) is 0 Å². The number of carbonyl (C=O) groups excluding carboxylic acids is 1. The molecule has 1 fully saturated rings. The van der Waals surface area contributed by atoms with Gasteiger partial charge in [-0.1, -0.05) is 6.92 Å². The molecule has 1 aliphatic heterocycles. The molecule has 0 amide bonds. The van der Waals surface area contributed by atoms with Gasteiger partial charge in [-0.2, -0.15) is 0 Å². The molecule has 0 bridgehead atoms. The molecule has 0 aliphatic carbocycles. The fraction of sp³-hybridized carbons (Fsp3) is 0.846. The molecule has 1 aliphatic rings. The number of sulfonamides is 1. The van der Waals surface area contributed by atoms with E-state index in [1.807, 2.05) is 11.8 Å². The quantitative estimate of drug-likeness (QED) is 0.287. The van der Waals surface area contributed by atoms with Crippen LogP contribution < -0.4 is 10.0 Å². The average molecular weight is 334 g/mol. The molecule has 0 aromatic rings. The van der Waals surface area contributed by atoms with Crippen molar-refractivity contribution in [2.24, 2.45) is 16.8 Å². The highest BCUT2D eigenvalue weighted by Gasteiger charge is 2.36.